The zero-order valence-corrected chi connectivity index (χ0v) is 8.79. The van der Waals surface area contributed by atoms with Crippen LogP contribution in [-0.4, -0.2) is 23.5 Å². The van der Waals surface area contributed by atoms with Gasteiger partial charge in [-0.25, -0.2) is 0 Å². The van der Waals surface area contributed by atoms with Crippen molar-refractivity contribution in [2.24, 2.45) is 17.0 Å². The topological polar surface area (TPSA) is 78.2 Å². The normalized spacial score (nSPS) is 43.0. The van der Waals surface area contributed by atoms with Crippen molar-refractivity contribution in [1.82, 2.24) is 0 Å². The molecule has 0 radical (unpaired) electrons. The summed E-state index contributed by atoms with van der Waals surface area (Å²) in [6, 6.07) is -0.460. The van der Waals surface area contributed by atoms with Gasteiger partial charge in [0.05, 0.1) is 12.1 Å². The average molecular weight is 199 g/mol. The van der Waals surface area contributed by atoms with Crippen molar-refractivity contribution in [3.63, 3.8) is 0 Å². The molecule has 1 heterocycles. The van der Waals surface area contributed by atoms with Crippen molar-refractivity contribution in [3.8, 4) is 0 Å². The molecule has 0 aromatic carbocycles. The van der Waals surface area contributed by atoms with Gasteiger partial charge in [-0.2, -0.15) is 0 Å². The molecule has 0 aromatic heterocycles. The molecular weight excluding hydrogens is 182 g/mol. The van der Waals surface area contributed by atoms with Crippen LogP contribution < -0.4 is 0 Å². The number of azide groups is 1. The molecule has 5 atom stereocenters. The maximum absolute atomic E-state index is 9.60. The fourth-order valence-corrected chi connectivity index (χ4v) is 1.98. The van der Waals surface area contributed by atoms with E-state index < -0.39 is 12.3 Å². The predicted molar refractivity (Wildman–Crippen MR) is 52.4 cm³/mol. The monoisotopic (exact) mass is 199 g/mol. The molecule has 80 valence electrons. The number of ether oxygens (including phenoxy) is 1. The first-order valence-corrected chi connectivity index (χ1v) is 4.99. The van der Waals surface area contributed by atoms with Crippen molar-refractivity contribution in [3.05, 3.63) is 10.4 Å². The Bertz CT molecular complexity index is 240. The van der Waals surface area contributed by atoms with E-state index in [0.29, 0.717) is 5.92 Å². The summed E-state index contributed by atoms with van der Waals surface area (Å²) < 4.78 is 5.37. The zero-order valence-electron chi connectivity index (χ0n) is 8.79. The largest absolute Gasteiger partial charge is 0.368 e. The second-order valence-electron chi connectivity index (χ2n) is 3.89. The molecule has 1 fully saturated rings. The van der Waals surface area contributed by atoms with Gasteiger partial charge in [0.25, 0.3) is 0 Å². The molecule has 0 saturated carbocycles. The van der Waals surface area contributed by atoms with Crippen LogP contribution in [0.5, 0.6) is 0 Å². The molecule has 0 amide bonds. The number of aliphatic hydroxyl groups is 1. The fraction of sp³-hybridized carbons (Fsp3) is 1.00. The Morgan fingerprint density at radius 3 is 2.57 bits per heavy atom. The molecule has 5 nitrogen and oxygen atoms in total. The van der Waals surface area contributed by atoms with Crippen molar-refractivity contribution in [2.45, 2.75) is 45.6 Å². The highest BCUT2D eigenvalue weighted by atomic mass is 16.6. The lowest BCUT2D eigenvalue weighted by molar-refractivity contribution is -0.205. The SMILES string of the molecule is CCC1O[C@H](O)C(N=[N+]=[N-])[C@@H](C)[C@@H]1C. The summed E-state index contributed by atoms with van der Waals surface area (Å²) in [6.07, 6.45) is -0.0295. The van der Waals surface area contributed by atoms with Crippen LogP contribution in [0, 0.1) is 11.8 Å². The number of hydrogen-bond acceptors (Lipinski definition) is 3. The highest BCUT2D eigenvalue weighted by Gasteiger charge is 2.39. The smallest absolute Gasteiger partial charge is 0.163 e. The van der Waals surface area contributed by atoms with Crippen LogP contribution >= 0.6 is 0 Å². The van der Waals surface area contributed by atoms with E-state index in [1.54, 1.807) is 0 Å². The van der Waals surface area contributed by atoms with E-state index in [1.165, 1.54) is 0 Å². The summed E-state index contributed by atoms with van der Waals surface area (Å²) >= 11 is 0. The lowest BCUT2D eigenvalue weighted by atomic mass is 9.81. The van der Waals surface area contributed by atoms with Crippen LogP contribution in [0.3, 0.4) is 0 Å². The minimum absolute atomic E-state index is 0.0603. The lowest BCUT2D eigenvalue weighted by Crippen LogP contribution is -2.47. The van der Waals surface area contributed by atoms with Crippen LogP contribution in [0.4, 0.5) is 0 Å². The molecule has 0 bridgehead atoms. The predicted octanol–water partition coefficient (Wildman–Crippen LogP) is 2.06. The van der Waals surface area contributed by atoms with E-state index in [-0.39, 0.29) is 12.0 Å². The van der Waals surface area contributed by atoms with Crippen LogP contribution in [0.1, 0.15) is 27.2 Å². The third-order valence-electron chi connectivity index (χ3n) is 3.15. The number of rotatable bonds is 2. The zero-order chi connectivity index (χ0) is 10.7. The summed E-state index contributed by atoms with van der Waals surface area (Å²) in [5.74, 6) is 0.457. The maximum atomic E-state index is 9.60. The second kappa shape index (κ2) is 4.64. The highest BCUT2D eigenvalue weighted by molar-refractivity contribution is 4.88. The third-order valence-corrected chi connectivity index (χ3v) is 3.15. The van der Waals surface area contributed by atoms with Gasteiger partial charge in [0.15, 0.2) is 6.29 Å². The maximum Gasteiger partial charge on any atom is 0.163 e. The molecule has 0 spiro atoms. The van der Waals surface area contributed by atoms with Gasteiger partial charge in [0.2, 0.25) is 0 Å². The van der Waals surface area contributed by atoms with Gasteiger partial charge >= 0.3 is 0 Å². The summed E-state index contributed by atoms with van der Waals surface area (Å²) in [5, 5.41) is 13.2. The van der Waals surface area contributed by atoms with Crippen molar-refractivity contribution >= 4 is 0 Å². The van der Waals surface area contributed by atoms with Crippen LogP contribution in [-0.2, 0) is 4.74 Å². The van der Waals surface area contributed by atoms with Gasteiger partial charge < -0.3 is 9.84 Å². The Morgan fingerprint density at radius 2 is 2.07 bits per heavy atom. The molecule has 1 rings (SSSR count). The average Bonchev–Trinajstić information content (AvgIpc) is 2.18. The molecule has 2 unspecified atom stereocenters. The second-order valence-corrected chi connectivity index (χ2v) is 3.89. The molecule has 1 aliphatic rings. The Hall–Kier alpha value is -0.770. The quantitative estimate of drug-likeness (QED) is 0.419. The minimum Gasteiger partial charge on any atom is -0.368 e. The molecule has 5 heteroatoms. The molecular formula is C9H17N3O2. The van der Waals surface area contributed by atoms with Gasteiger partial charge in [-0.05, 0) is 23.8 Å². The summed E-state index contributed by atoms with van der Waals surface area (Å²) in [6.45, 7) is 6.07. The van der Waals surface area contributed by atoms with Crippen molar-refractivity contribution in [1.29, 1.82) is 0 Å². The number of aliphatic hydroxyl groups excluding tert-OH is 1. The van der Waals surface area contributed by atoms with Crippen LogP contribution in [0.25, 0.3) is 10.4 Å². The van der Waals surface area contributed by atoms with E-state index in [9.17, 15) is 5.11 Å². The lowest BCUT2D eigenvalue weighted by Gasteiger charge is -2.40. The first-order valence-electron chi connectivity index (χ1n) is 4.99. The molecule has 1 saturated heterocycles. The van der Waals surface area contributed by atoms with Crippen molar-refractivity contribution < 1.29 is 9.84 Å². The van der Waals surface area contributed by atoms with E-state index in [4.69, 9.17) is 10.3 Å². The van der Waals surface area contributed by atoms with E-state index in [0.717, 1.165) is 6.42 Å². The summed E-state index contributed by atoms with van der Waals surface area (Å²) in [4.78, 5) is 2.73. The Labute approximate surface area is 83.7 Å². The standard InChI is InChI=1S/C9H17N3O2/c1-4-7-5(2)6(3)8(11-12-10)9(13)14-7/h5-9,13H,4H2,1-3H3/t5-,6-,7?,8?,9-/m0/s1. The van der Waals surface area contributed by atoms with E-state index in [2.05, 4.69) is 16.9 Å². The first kappa shape index (κ1) is 11.3. The first-order chi connectivity index (χ1) is 6.61. The number of hydrogen-bond donors (Lipinski definition) is 1. The van der Waals surface area contributed by atoms with Gasteiger partial charge in [-0.3, -0.25) is 0 Å². The Balaban J connectivity index is 2.78. The number of nitrogens with zero attached hydrogens (tertiary/aromatic N) is 3. The Morgan fingerprint density at radius 1 is 1.43 bits per heavy atom. The Kier molecular flexibility index (Phi) is 3.75. The molecule has 1 aliphatic heterocycles. The van der Waals surface area contributed by atoms with Gasteiger partial charge in [0, 0.05) is 4.91 Å². The van der Waals surface area contributed by atoms with E-state index >= 15 is 0 Å². The molecule has 0 aliphatic carbocycles. The summed E-state index contributed by atoms with van der Waals surface area (Å²) in [5.41, 5.74) is 8.36. The fourth-order valence-electron chi connectivity index (χ4n) is 1.98. The van der Waals surface area contributed by atoms with E-state index in [1.807, 2.05) is 13.8 Å². The van der Waals surface area contributed by atoms with Gasteiger partial charge in [0.1, 0.15) is 0 Å². The van der Waals surface area contributed by atoms with Crippen molar-refractivity contribution in [2.75, 3.05) is 0 Å². The van der Waals surface area contributed by atoms with Crippen LogP contribution in [0.2, 0.25) is 0 Å². The molecule has 0 aromatic rings. The van der Waals surface area contributed by atoms with Crippen LogP contribution in [0.15, 0.2) is 5.11 Å². The highest BCUT2D eigenvalue weighted by Crippen LogP contribution is 2.33. The molecule has 14 heavy (non-hydrogen) atoms. The minimum atomic E-state index is -0.956. The molecule has 1 N–H and O–H groups in total. The van der Waals surface area contributed by atoms with Gasteiger partial charge in [-0.1, -0.05) is 25.9 Å². The summed E-state index contributed by atoms with van der Waals surface area (Å²) in [7, 11) is 0. The third kappa shape index (κ3) is 2.00. The van der Waals surface area contributed by atoms with Gasteiger partial charge in [-0.15, -0.1) is 0 Å².